The predicted molar refractivity (Wildman–Crippen MR) is 124 cm³/mol. The summed E-state index contributed by atoms with van der Waals surface area (Å²) < 4.78 is 91.8. The highest BCUT2D eigenvalue weighted by molar-refractivity contribution is 7.92. The highest BCUT2D eigenvalue weighted by Crippen LogP contribution is 2.40. The second-order valence-corrected chi connectivity index (χ2v) is 11.0. The van der Waals surface area contributed by atoms with Gasteiger partial charge in [0.05, 0.1) is 18.7 Å². The van der Waals surface area contributed by atoms with Crippen LogP contribution in [-0.4, -0.2) is 49.9 Å². The number of carbonyl (C=O) groups is 2. The van der Waals surface area contributed by atoms with E-state index in [2.05, 4.69) is 4.74 Å². The third-order valence-electron chi connectivity index (χ3n) is 5.50. The van der Waals surface area contributed by atoms with Crippen molar-refractivity contribution in [2.45, 2.75) is 55.9 Å². The van der Waals surface area contributed by atoms with Crippen molar-refractivity contribution in [3.63, 3.8) is 0 Å². The lowest BCUT2D eigenvalue weighted by atomic mass is 10.1. The van der Waals surface area contributed by atoms with Gasteiger partial charge in [-0.1, -0.05) is 17.7 Å². The third-order valence-corrected chi connectivity index (χ3v) is 7.55. The van der Waals surface area contributed by atoms with Crippen molar-refractivity contribution in [3.8, 4) is 5.75 Å². The van der Waals surface area contributed by atoms with Gasteiger partial charge in [-0.2, -0.15) is 13.2 Å². The standard InChI is InChI=1S/C23H22ClF4NO7S/c1-22(2,23(26,27)28)36-21(32)10-13-3-6-18-17(9-13)29(12-15(35-18)5-8-20(30)31)37(33,34)19-7-4-14(24)11-16(19)25/h3-4,6-7,9,11,15H,5,8,10,12H2,1-2H3,(H,30,31)/t15-/m0/s1. The first-order valence-electron chi connectivity index (χ1n) is 10.8. The van der Waals surface area contributed by atoms with E-state index in [1.165, 1.54) is 24.3 Å². The molecule has 0 spiro atoms. The number of sulfonamides is 1. The number of hydrogen-bond donors (Lipinski definition) is 1. The van der Waals surface area contributed by atoms with Crippen molar-refractivity contribution in [3.05, 3.63) is 52.8 Å². The number of carbonyl (C=O) groups excluding carboxylic acids is 1. The second kappa shape index (κ2) is 10.4. The van der Waals surface area contributed by atoms with E-state index in [0.717, 1.165) is 16.4 Å². The summed E-state index contributed by atoms with van der Waals surface area (Å²) in [6.45, 7) is 0.995. The molecule has 2 aromatic rings. The van der Waals surface area contributed by atoms with Gasteiger partial charge in [0.2, 0.25) is 5.60 Å². The summed E-state index contributed by atoms with van der Waals surface area (Å²) in [5, 5.41) is 8.95. The lowest BCUT2D eigenvalue weighted by Crippen LogP contribution is -2.44. The largest absolute Gasteiger partial charge is 0.486 e. The fraction of sp³-hybridized carbons (Fsp3) is 0.391. The molecule has 202 valence electrons. The molecule has 1 atom stereocenters. The highest BCUT2D eigenvalue weighted by atomic mass is 35.5. The summed E-state index contributed by atoms with van der Waals surface area (Å²) in [6.07, 6.45) is -6.74. The SMILES string of the molecule is CC(C)(OC(=O)Cc1ccc2c(c1)N(S(=O)(=O)c1ccc(Cl)cc1F)C[C@H](CCC(=O)O)O2)C(F)(F)F. The zero-order valence-corrected chi connectivity index (χ0v) is 21.1. The Morgan fingerprint density at radius 3 is 2.46 bits per heavy atom. The van der Waals surface area contributed by atoms with Gasteiger partial charge in [0, 0.05) is 11.4 Å². The van der Waals surface area contributed by atoms with E-state index >= 15 is 0 Å². The van der Waals surface area contributed by atoms with Crippen LogP contribution < -0.4 is 9.04 Å². The van der Waals surface area contributed by atoms with Gasteiger partial charge >= 0.3 is 18.1 Å². The molecule has 0 aliphatic carbocycles. The Kier molecular flexibility index (Phi) is 7.99. The lowest BCUT2D eigenvalue weighted by Gasteiger charge is -2.35. The van der Waals surface area contributed by atoms with Crippen LogP contribution in [0.2, 0.25) is 5.02 Å². The van der Waals surface area contributed by atoms with Crippen LogP contribution in [0.3, 0.4) is 0 Å². The van der Waals surface area contributed by atoms with Crippen molar-refractivity contribution in [1.82, 2.24) is 0 Å². The van der Waals surface area contributed by atoms with E-state index < -0.39 is 57.0 Å². The molecule has 1 aliphatic rings. The first-order chi connectivity index (χ1) is 17.0. The summed E-state index contributed by atoms with van der Waals surface area (Å²) in [6, 6.07) is 6.78. The second-order valence-electron chi connectivity index (χ2n) is 8.74. The lowest BCUT2D eigenvalue weighted by molar-refractivity contribution is -0.257. The number of fused-ring (bicyclic) bond motifs is 1. The van der Waals surface area contributed by atoms with Gasteiger partial charge in [-0.05, 0) is 56.2 Å². The van der Waals surface area contributed by atoms with E-state index in [9.17, 15) is 35.6 Å². The third kappa shape index (κ3) is 6.45. The number of anilines is 1. The van der Waals surface area contributed by atoms with E-state index in [-0.39, 0.29) is 41.4 Å². The van der Waals surface area contributed by atoms with Gasteiger partial charge in [-0.15, -0.1) is 0 Å². The summed E-state index contributed by atoms with van der Waals surface area (Å²) in [5.74, 6) is -3.48. The average molecular weight is 568 g/mol. The minimum atomic E-state index is -4.81. The molecule has 0 saturated carbocycles. The Morgan fingerprint density at radius 1 is 1.19 bits per heavy atom. The Labute approximate surface area is 214 Å². The highest BCUT2D eigenvalue weighted by Gasteiger charge is 2.50. The maximum absolute atomic E-state index is 14.6. The summed E-state index contributed by atoms with van der Waals surface area (Å²) >= 11 is 5.73. The number of carboxylic acids is 1. The van der Waals surface area contributed by atoms with Gasteiger partial charge in [-0.3, -0.25) is 13.9 Å². The van der Waals surface area contributed by atoms with Crippen LogP contribution in [0, 0.1) is 5.82 Å². The molecule has 0 bridgehead atoms. The topological polar surface area (TPSA) is 110 Å². The fourth-order valence-corrected chi connectivity index (χ4v) is 5.18. The van der Waals surface area contributed by atoms with Crippen LogP contribution in [0.5, 0.6) is 5.75 Å². The fourth-order valence-electron chi connectivity index (χ4n) is 3.48. The molecule has 1 N–H and O–H groups in total. The molecule has 1 heterocycles. The first-order valence-corrected chi connectivity index (χ1v) is 12.6. The molecule has 0 unspecified atom stereocenters. The number of alkyl halides is 3. The zero-order valence-electron chi connectivity index (χ0n) is 19.5. The minimum absolute atomic E-state index is 0.00711. The molecule has 8 nitrogen and oxygen atoms in total. The van der Waals surface area contributed by atoms with E-state index in [4.69, 9.17) is 21.4 Å². The summed E-state index contributed by atoms with van der Waals surface area (Å²) in [7, 11) is -4.58. The first kappa shape index (κ1) is 28.5. The van der Waals surface area contributed by atoms with Crippen molar-refractivity contribution >= 4 is 39.3 Å². The Hall–Kier alpha value is -3.06. The number of aliphatic carboxylic acids is 1. The molecule has 1 aliphatic heterocycles. The van der Waals surface area contributed by atoms with E-state index in [1.54, 1.807) is 0 Å². The zero-order chi connectivity index (χ0) is 27.8. The molecule has 37 heavy (non-hydrogen) atoms. The van der Waals surface area contributed by atoms with Crippen LogP contribution in [0.15, 0.2) is 41.3 Å². The number of halogens is 5. The maximum atomic E-state index is 14.6. The maximum Gasteiger partial charge on any atom is 0.427 e. The Balaban J connectivity index is 1.98. The molecule has 0 saturated heterocycles. The number of hydrogen-bond acceptors (Lipinski definition) is 6. The number of esters is 1. The molecule has 0 amide bonds. The molecular weight excluding hydrogens is 546 g/mol. The van der Waals surface area contributed by atoms with Crippen LogP contribution in [0.1, 0.15) is 32.3 Å². The van der Waals surface area contributed by atoms with Gasteiger partial charge < -0.3 is 14.6 Å². The molecule has 2 aromatic carbocycles. The van der Waals surface area contributed by atoms with Gasteiger partial charge in [0.1, 0.15) is 22.6 Å². The van der Waals surface area contributed by atoms with Crippen molar-refractivity contribution in [2.24, 2.45) is 0 Å². The predicted octanol–water partition coefficient (Wildman–Crippen LogP) is 4.73. The summed E-state index contributed by atoms with van der Waals surface area (Å²) in [5.41, 5.74) is -2.76. The monoisotopic (exact) mass is 567 g/mol. The summed E-state index contributed by atoms with van der Waals surface area (Å²) in [4.78, 5) is 22.5. The van der Waals surface area contributed by atoms with Gasteiger partial charge in [-0.25, -0.2) is 12.8 Å². The molecule has 0 fully saturated rings. The Morgan fingerprint density at radius 2 is 1.86 bits per heavy atom. The number of carboxylic acid groups (broad SMARTS) is 1. The number of benzene rings is 2. The van der Waals surface area contributed by atoms with Gasteiger partial charge in [0.25, 0.3) is 10.0 Å². The molecule has 3 rings (SSSR count). The average Bonchev–Trinajstić information content (AvgIpc) is 2.75. The minimum Gasteiger partial charge on any atom is -0.486 e. The normalized spacial score (nSPS) is 16.1. The molecule has 0 aromatic heterocycles. The van der Waals surface area contributed by atoms with E-state index in [0.29, 0.717) is 13.8 Å². The number of rotatable bonds is 8. The van der Waals surface area contributed by atoms with Gasteiger partial charge in [0.15, 0.2) is 0 Å². The molecular formula is C23H22ClF4NO7S. The Bertz CT molecular complexity index is 1310. The van der Waals surface area contributed by atoms with Crippen molar-refractivity contribution in [1.29, 1.82) is 0 Å². The number of nitrogens with zero attached hydrogens (tertiary/aromatic N) is 1. The molecule has 0 radical (unpaired) electrons. The van der Waals surface area contributed by atoms with Crippen LogP contribution in [0.25, 0.3) is 0 Å². The van der Waals surface area contributed by atoms with Crippen LogP contribution in [0.4, 0.5) is 23.2 Å². The smallest absolute Gasteiger partial charge is 0.427 e. The van der Waals surface area contributed by atoms with E-state index in [1.807, 2.05) is 0 Å². The van der Waals surface area contributed by atoms with Crippen LogP contribution >= 0.6 is 11.6 Å². The van der Waals surface area contributed by atoms with Crippen molar-refractivity contribution in [2.75, 3.05) is 10.8 Å². The van der Waals surface area contributed by atoms with Crippen LogP contribution in [-0.2, 0) is 30.8 Å². The molecule has 14 heteroatoms. The quantitative estimate of drug-likeness (QED) is 0.363. The number of ether oxygens (including phenoxy) is 2. The van der Waals surface area contributed by atoms with Crippen molar-refractivity contribution < 1.29 is 50.1 Å².